The Labute approximate surface area is 67.9 Å². The molecule has 0 bridgehead atoms. The van der Waals surface area contributed by atoms with E-state index in [1.54, 1.807) is 0 Å². The van der Waals surface area contributed by atoms with Crippen molar-refractivity contribution < 1.29 is 9.53 Å². The van der Waals surface area contributed by atoms with Gasteiger partial charge in [-0.15, -0.1) is 0 Å². The smallest absolute Gasteiger partial charge is 0.404 e. The van der Waals surface area contributed by atoms with Crippen LogP contribution < -0.4 is 11.5 Å². The molecule has 0 fully saturated rings. The van der Waals surface area contributed by atoms with Crippen molar-refractivity contribution in [2.24, 2.45) is 11.5 Å². The summed E-state index contributed by atoms with van der Waals surface area (Å²) in [6.45, 7) is 5.21. The van der Waals surface area contributed by atoms with Crippen molar-refractivity contribution in [3.63, 3.8) is 0 Å². The van der Waals surface area contributed by atoms with Crippen LogP contribution in [0.25, 0.3) is 0 Å². The van der Waals surface area contributed by atoms with Gasteiger partial charge in [-0.3, -0.25) is 0 Å². The summed E-state index contributed by atoms with van der Waals surface area (Å²) in [5, 5.41) is 0. The van der Waals surface area contributed by atoms with Gasteiger partial charge >= 0.3 is 6.09 Å². The number of rotatable bonds is 3. The Kier molecular flexibility index (Phi) is 14.0. The normalized spacial score (nSPS) is 7.91. The molecule has 0 aromatic carbocycles. The Balaban J connectivity index is 0. The van der Waals surface area contributed by atoms with Crippen LogP contribution in [0, 0.1) is 0 Å². The molecule has 0 radical (unpaired) electrons. The van der Waals surface area contributed by atoms with Crippen molar-refractivity contribution in [3.05, 3.63) is 0 Å². The van der Waals surface area contributed by atoms with Gasteiger partial charge in [-0.2, -0.15) is 0 Å². The molecule has 0 rings (SSSR count). The average Bonchev–Trinajstić information content (AvgIpc) is 2.01. The lowest BCUT2D eigenvalue weighted by atomic mass is 10.5. The quantitative estimate of drug-likeness (QED) is 0.645. The van der Waals surface area contributed by atoms with Gasteiger partial charge in [0.2, 0.25) is 0 Å². The molecule has 4 heteroatoms. The Morgan fingerprint density at radius 3 is 1.91 bits per heavy atom. The van der Waals surface area contributed by atoms with Crippen LogP contribution in [0.3, 0.4) is 0 Å². The fraction of sp³-hybridized carbons (Fsp3) is 0.857. The molecule has 11 heavy (non-hydrogen) atoms. The van der Waals surface area contributed by atoms with Crippen molar-refractivity contribution in [2.75, 3.05) is 13.2 Å². The first-order chi connectivity index (χ1) is 5.18. The summed E-state index contributed by atoms with van der Waals surface area (Å²) in [6, 6.07) is 0. The molecule has 4 N–H and O–H groups in total. The predicted molar refractivity (Wildman–Crippen MR) is 45.2 cm³/mol. The highest BCUT2D eigenvalue weighted by atomic mass is 16.5. The number of ether oxygens (including phenoxy) is 1. The minimum atomic E-state index is -0.693. The molecule has 0 unspecified atom stereocenters. The molecule has 0 heterocycles. The second-order valence-electron chi connectivity index (χ2n) is 1.96. The van der Waals surface area contributed by atoms with Crippen LogP contribution in [-0.4, -0.2) is 19.2 Å². The molecule has 0 spiro atoms. The third kappa shape index (κ3) is 27.0. The van der Waals surface area contributed by atoms with Crippen molar-refractivity contribution in [1.29, 1.82) is 0 Å². The summed E-state index contributed by atoms with van der Waals surface area (Å²) in [5.41, 5.74) is 9.65. The molecule has 0 aromatic heterocycles. The number of carbonyl (C=O) groups excluding carboxylic acids is 1. The van der Waals surface area contributed by atoms with E-state index in [2.05, 4.69) is 17.4 Å². The second-order valence-corrected chi connectivity index (χ2v) is 1.96. The van der Waals surface area contributed by atoms with Crippen LogP contribution in [0.2, 0.25) is 0 Å². The van der Waals surface area contributed by atoms with Gasteiger partial charge in [-0.05, 0) is 19.4 Å². The summed E-state index contributed by atoms with van der Waals surface area (Å²) in [6.07, 6.45) is 1.23. The van der Waals surface area contributed by atoms with Crippen LogP contribution >= 0.6 is 0 Å². The monoisotopic (exact) mass is 162 g/mol. The Hall–Kier alpha value is -0.770. The Bertz CT molecular complexity index is 84.5. The number of nitrogens with two attached hydrogens (primary N) is 2. The van der Waals surface area contributed by atoms with Gasteiger partial charge in [0, 0.05) is 0 Å². The van der Waals surface area contributed by atoms with Crippen molar-refractivity contribution in [2.45, 2.75) is 26.7 Å². The molecule has 0 saturated heterocycles. The van der Waals surface area contributed by atoms with Crippen LogP contribution in [0.15, 0.2) is 0 Å². The fourth-order valence-corrected chi connectivity index (χ4v) is 0.203. The topological polar surface area (TPSA) is 78.3 Å². The Morgan fingerprint density at radius 1 is 1.36 bits per heavy atom. The summed E-state index contributed by atoms with van der Waals surface area (Å²) >= 11 is 0. The summed E-state index contributed by atoms with van der Waals surface area (Å²) < 4.78 is 4.33. The van der Waals surface area contributed by atoms with Crippen LogP contribution in [0.1, 0.15) is 26.7 Å². The minimum absolute atomic E-state index is 0.426. The number of hydrogen-bond acceptors (Lipinski definition) is 3. The summed E-state index contributed by atoms with van der Waals surface area (Å²) in [5.74, 6) is 0. The standard InChI is InChI=1S/C4H9NO2.C3H9N/c1-2-3-7-4(5)6;1-2-3-4/h2-3H2,1H3,(H2,5,6);2-4H2,1H3. The molecular weight excluding hydrogens is 144 g/mol. The van der Waals surface area contributed by atoms with Gasteiger partial charge in [-0.25, -0.2) is 4.79 Å². The lowest BCUT2D eigenvalue weighted by Crippen LogP contribution is -2.12. The highest BCUT2D eigenvalue weighted by molar-refractivity contribution is 5.64. The number of primary amides is 1. The minimum Gasteiger partial charge on any atom is -0.450 e. The van der Waals surface area contributed by atoms with Gasteiger partial charge in [0.15, 0.2) is 0 Å². The predicted octanol–water partition coefficient (Wildman–Crippen LogP) is 0.847. The molecule has 0 atom stereocenters. The maximum atomic E-state index is 9.76. The van der Waals surface area contributed by atoms with Crippen molar-refractivity contribution >= 4 is 6.09 Å². The number of carbonyl (C=O) groups is 1. The molecule has 4 nitrogen and oxygen atoms in total. The van der Waals surface area contributed by atoms with E-state index in [-0.39, 0.29) is 0 Å². The molecule has 0 aliphatic carbocycles. The largest absolute Gasteiger partial charge is 0.450 e. The zero-order valence-corrected chi connectivity index (χ0v) is 7.30. The van der Waals surface area contributed by atoms with Gasteiger partial charge in [0.25, 0.3) is 0 Å². The molecule has 0 aliphatic rings. The number of amides is 1. The third-order valence-electron chi connectivity index (χ3n) is 0.737. The van der Waals surface area contributed by atoms with E-state index in [0.717, 1.165) is 19.4 Å². The SMILES string of the molecule is CCCN.CCCOC(N)=O. The first-order valence-electron chi connectivity index (χ1n) is 3.81. The van der Waals surface area contributed by atoms with Crippen molar-refractivity contribution in [1.82, 2.24) is 0 Å². The van der Waals surface area contributed by atoms with Gasteiger partial charge in [0.1, 0.15) is 0 Å². The zero-order chi connectivity index (χ0) is 9.11. The van der Waals surface area contributed by atoms with E-state index in [1.807, 2.05) is 6.92 Å². The van der Waals surface area contributed by atoms with E-state index in [9.17, 15) is 4.79 Å². The van der Waals surface area contributed by atoms with E-state index >= 15 is 0 Å². The first kappa shape index (κ1) is 12.9. The van der Waals surface area contributed by atoms with E-state index < -0.39 is 6.09 Å². The van der Waals surface area contributed by atoms with E-state index in [0.29, 0.717) is 6.61 Å². The molecule has 68 valence electrons. The lowest BCUT2D eigenvalue weighted by molar-refractivity contribution is 0.157. The van der Waals surface area contributed by atoms with E-state index in [1.165, 1.54) is 0 Å². The lowest BCUT2D eigenvalue weighted by Gasteiger charge is -1.93. The van der Waals surface area contributed by atoms with Gasteiger partial charge in [-0.1, -0.05) is 13.8 Å². The van der Waals surface area contributed by atoms with Gasteiger partial charge in [0.05, 0.1) is 6.61 Å². The molecule has 1 amide bonds. The highest BCUT2D eigenvalue weighted by Crippen LogP contribution is 1.76. The average molecular weight is 162 g/mol. The Morgan fingerprint density at radius 2 is 1.82 bits per heavy atom. The van der Waals surface area contributed by atoms with Crippen molar-refractivity contribution in [3.8, 4) is 0 Å². The van der Waals surface area contributed by atoms with Crippen LogP contribution in [0.5, 0.6) is 0 Å². The molecule has 0 aromatic rings. The highest BCUT2D eigenvalue weighted by Gasteiger charge is 1.86. The maximum Gasteiger partial charge on any atom is 0.404 e. The first-order valence-corrected chi connectivity index (χ1v) is 3.81. The molecule has 0 saturated carbocycles. The molecule has 0 aliphatic heterocycles. The van der Waals surface area contributed by atoms with E-state index in [4.69, 9.17) is 5.73 Å². The summed E-state index contributed by atoms with van der Waals surface area (Å²) in [4.78, 5) is 9.76. The van der Waals surface area contributed by atoms with Crippen LogP contribution in [-0.2, 0) is 4.74 Å². The molecular formula is C7H18N2O2. The summed E-state index contributed by atoms with van der Waals surface area (Å²) in [7, 11) is 0. The second kappa shape index (κ2) is 12.0. The third-order valence-corrected chi connectivity index (χ3v) is 0.737. The maximum absolute atomic E-state index is 9.76. The number of hydrogen-bond donors (Lipinski definition) is 2. The van der Waals surface area contributed by atoms with Crippen LogP contribution in [0.4, 0.5) is 4.79 Å². The zero-order valence-electron chi connectivity index (χ0n) is 7.30. The van der Waals surface area contributed by atoms with Gasteiger partial charge < -0.3 is 16.2 Å². The fourth-order valence-electron chi connectivity index (χ4n) is 0.203.